The van der Waals surface area contributed by atoms with Gasteiger partial charge in [0.05, 0.1) is 17.0 Å². The number of non-ortho nitro benzene ring substituents is 1. The van der Waals surface area contributed by atoms with Crippen LogP contribution >= 0.6 is 11.6 Å². The molecule has 0 radical (unpaired) electrons. The fourth-order valence-electron chi connectivity index (χ4n) is 2.49. The third-order valence-electron chi connectivity index (χ3n) is 3.82. The van der Waals surface area contributed by atoms with Gasteiger partial charge < -0.3 is 9.88 Å². The number of hydrogen-bond donors (Lipinski definition) is 1. The maximum absolute atomic E-state index is 12.4. The Morgan fingerprint density at radius 1 is 1.11 bits per heavy atom. The summed E-state index contributed by atoms with van der Waals surface area (Å²) in [5.41, 5.74) is 1.07. The van der Waals surface area contributed by atoms with Crippen LogP contribution in [0.1, 0.15) is 15.9 Å². The van der Waals surface area contributed by atoms with Crippen LogP contribution in [0.15, 0.2) is 71.7 Å². The van der Waals surface area contributed by atoms with E-state index in [-0.39, 0.29) is 29.3 Å². The predicted octanol–water partition coefficient (Wildman–Crippen LogP) is 3.71. The molecule has 27 heavy (non-hydrogen) atoms. The van der Waals surface area contributed by atoms with Gasteiger partial charge in [0.1, 0.15) is 0 Å². The molecule has 0 aliphatic carbocycles. The molecule has 0 aliphatic heterocycles. The average molecular weight is 384 g/mol. The molecule has 0 aliphatic rings. The number of nitrogens with zero attached hydrogens (tertiary/aromatic N) is 2. The van der Waals surface area contributed by atoms with Gasteiger partial charge in [-0.2, -0.15) is 0 Å². The zero-order chi connectivity index (χ0) is 19.4. The molecule has 1 amide bonds. The van der Waals surface area contributed by atoms with Crippen molar-refractivity contribution in [2.75, 3.05) is 5.32 Å². The molecule has 136 valence electrons. The quantitative estimate of drug-likeness (QED) is 0.536. The molecule has 0 bridgehead atoms. The zero-order valence-corrected chi connectivity index (χ0v) is 14.7. The van der Waals surface area contributed by atoms with E-state index in [0.717, 1.165) is 0 Å². The van der Waals surface area contributed by atoms with Crippen molar-refractivity contribution in [1.29, 1.82) is 0 Å². The van der Waals surface area contributed by atoms with Gasteiger partial charge in [-0.05, 0) is 35.9 Å². The maximum Gasteiger partial charge on any atom is 0.269 e. The van der Waals surface area contributed by atoms with Crippen molar-refractivity contribution in [3.8, 4) is 0 Å². The van der Waals surface area contributed by atoms with Crippen LogP contribution < -0.4 is 10.9 Å². The summed E-state index contributed by atoms with van der Waals surface area (Å²) in [5, 5.41) is 14.2. The van der Waals surface area contributed by atoms with Crippen LogP contribution in [0.5, 0.6) is 0 Å². The Morgan fingerprint density at radius 2 is 1.85 bits per heavy atom. The molecule has 1 N–H and O–H groups in total. The molecule has 7 nitrogen and oxygen atoms in total. The van der Waals surface area contributed by atoms with Crippen LogP contribution in [0.25, 0.3) is 0 Å². The third kappa shape index (κ3) is 4.59. The Kier molecular flexibility index (Phi) is 5.33. The number of hydrogen-bond acceptors (Lipinski definition) is 4. The summed E-state index contributed by atoms with van der Waals surface area (Å²) >= 11 is 5.82. The number of amides is 1. The standard InChI is InChI=1S/C19H14ClN3O4/c20-15-5-7-16(8-6-15)21-19(25)14-4-9-18(24)22(12-14)11-13-2-1-3-17(10-13)23(26)27/h1-10,12H,11H2,(H,21,25). The number of halogens is 1. The van der Waals surface area contributed by atoms with Crippen molar-refractivity contribution in [3.05, 3.63) is 103 Å². The highest BCUT2D eigenvalue weighted by Crippen LogP contribution is 2.15. The van der Waals surface area contributed by atoms with E-state index in [0.29, 0.717) is 16.3 Å². The molecule has 8 heteroatoms. The second-order valence-corrected chi connectivity index (χ2v) is 6.21. The van der Waals surface area contributed by atoms with E-state index in [9.17, 15) is 19.7 Å². The highest BCUT2D eigenvalue weighted by molar-refractivity contribution is 6.30. The number of anilines is 1. The van der Waals surface area contributed by atoms with E-state index >= 15 is 0 Å². The van der Waals surface area contributed by atoms with Gasteiger partial charge in [-0.3, -0.25) is 19.7 Å². The first kappa shape index (κ1) is 18.3. The summed E-state index contributed by atoms with van der Waals surface area (Å²) in [6.45, 7) is 0.114. The smallest absolute Gasteiger partial charge is 0.269 e. The molecule has 0 spiro atoms. The number of carbonyl (C=O) groups is 1. The highest BCUT2D eigenvalue weighted by Gasteiger charge is 2.10. The SMILES string of the molecule is O=C(Nc1ccc(Cl)cc1)c1ccc(=O)n(Cc2cccc([N+](=O)[O-])c2)c1. The summed E-state index contributed by atoms with van der Waals surface area (Å²) in [6, 6.07) is 15.4. The number of benzene rings is 2. The molecule has 3 rings (SSSR count). The van der Waals surface area contributed by atoms with Gasteiger partial charge in [-0.15, -0.1) is 0 Å². The average Bonchev–Trinajstić information content (AvgIpc) is 2.65. The van der Waals surface area contributed by atoms with Crippen LogP contribution in [-0.2, 0) is 6.54 Å². The highest BCUT2D eigenvalue weighted by atomic mass is 35.5. The molecule has 1 aromatic heterocycles. The van der Waals surface area contributed by atoms with Crippen molar-refractivity contribution in [3.63, 3.8) is 0 Å². The molecular formula is C19H14ClN3O4. The maximum atomic E-state index is 12.4. The van der Waals surface area contributed by atoms with Gasteiger partial charge in [0, 0.05) is 35.1 Å². The number of carbonyl (C=O) groups excluding carboxylic acids is 1. The van der Waals surface area contributed by atoms with Gasteiger partial charge in [-0.1, -0.05) is 23.7 Å². The van der Waals surface area contributed by atoms with E-state index in [1.54, 1.807) is 36.4 Å². The Balaban J connectivity index is 1.82. The van der Waals surface area contributed by atoms with Gasteiger partial charge in [0.25, 0.3) is 17.2 Å². The summed E-state index contributed by atoms with van der Waals surface area (Å²) in [6.07, 6.45) is 1.42. The fourth-order valence-corrected chi connectivity index (χ4v) is 2.62. The molecule has 2 aromatic carbocycles. The van der Waals surface area contributed by atoms with E-state index in [2.05, 4.69) is 5.32 Å². The topological polar surface area (TPSA) is 94.2 Å². The number of nitrogens with one attached hydrogen (secondary N) is 1. The lowest BCUT2D eigenvalue weighted by Gasteiger charge is -2.09. The minimum absolute atomic E-state index is 0.0582. The summed E-state index contributed by atoms with van der Waals surface area (Å²) in [4.78, 5) is 34.9. The van der Waals surface area contributed by atoms with Gasteiger partial charge in [-0.25, -0.2) is 0 Å². The van der Waals surface area contributed by atoms with Crippen molar-refractivity contribution in [1.82, 2.24) is 4.57 Å². The molecule has 0 saturated heterocycles. The molecular weight excluding hydrogens is 370 g/mol. The number of aromatic nitrogens is 1. The van der Waals surface area contributed by atoms with Crippen LogP contribution in [0.4, 0.5) is 11.4 Å². The largest absolute Gasteiger partial charge is 0.322 e. The van der Waals surface area contributed by atoms with E-state index in [4.69, 9.17) is 11.6 Å². The number of pyridine rings is 1. The Hall–Kier alpha value is -3.45. The molecule has 0 unspecified atom stereocenters. The monoisotopic (exact) mass is 383 g/mol. The first-order chi connectivity index (χ1) is 12.9. The van der Waals surface area contributed by atoms with Crippen LogP contribution in [0, 0.1) is 10.1 Å². The number of nitro groups is 1. The van der Waals surface area contributed by atoms with E-state index in [1.165, 1.54) is 35.0 Å². The van der Waals surface area contributed by atoms with E-state index < -0.39 is 4.92 Å². The summed E-state index contributed by atoms with van der Waals surface area (Å²) in [7, 11) is 0. The van der Waals surface area contributed by atoms with E-state index in [1.807, 2.05) is 0 Å². The first-order valence-electron chi connectivity index (χ1n) is 7.93. The third-order valence-corrected chi connectivity index (χ3v) is 4.07. The number of nitro benzene ring substituents is 1. The minimum Gasteiger partial charge on any atom is -0.322 e. The lowest BCUT2D eigenvalue weighted by atomic mass is 10.2. The van der Waals surface area contributed by atoms with Gasteiger partial charge in [0.15, 0.2) is 0 Å². The van der Waals surface area contributed by atoms with Gasteiger partial charge >= 0.3 is 0 Å². The van der Waals surface area contributed by atoms with Gasteiger partial charge in [0.2, 0.25) is 0 Å². The number of rotatable bonds is 5. The van der Waals surface area contributed by atoms with Crippen molar-refractivity contribution >= 4 is 28.9 Å². The molecule has 1 heterocycles. The Morgan fingerprint density at radius 3 is 2.56 bits per heavy atom. The minimum atomic E-state index is -0.498. The molecule has 0 atom stereocenters. The second-order valence-electron chi connectivity index (χ2n) is 5.77. The fraction of sp³-hybridized carbons (Fsp3) is 0.0526. The van der Waals surface area contributed by atoms with Crippen molar-refractivity contribution < 1.29 is 9.72 Å². The molecule has 0 fully saturated rings. The molecule has 3 aromatic rings. The Labute approximate surface area is 159 Å². The summed E-state index contributed by atoms with van der Waals surface area (Å²) < 4.78 is 1.33. The van der Waals surface area contributed by atoms with Crippen LogP contribution in [0.3, 0.4) is 0 Å². The van der Waals surface area contributed by atoms with Crippen molar-refractivity contribution in [2.45, 2.75) is 6.54 Å². The first-order valence-corrected chi connectivity index (χ1v) is 8.31. The summed E-state index contributed by atoms with van der Waals surface area (Å²) in [5.74, 6) is -0.384. The zero-order valence-electron chi connectivity index (χ0n) is 14.0. The normalized spacial score (nSPS) is 10.4. The Bertz CT molecular complexity index is 1060. The van der Waals surface area contributed by atoms with Crippen molar-refractivity contribution in [2.24, 2.45) is 0 Å². The van der Waals surface area contributed by atoms with Crippen LogP contribution in [0.2, 0.25) is 5.02 Å². The second kappa shape index (κ2) is 7.84. The molecule has 0 saturated carbocycles. The lowest BCUT2D eigenvalue weighted by molar-refractivity contribution is -0.384. The lowest BCUT2D eigenvalue weighted by Crippen LogP contribution is -2.22. The van der Waals surface area contributed by atoms with Crippen LogP contribution in [-0.4, -0.2) is 15.4 Å². The predicted molar refractivity (Wildman–Crippen MR) is 102 cm³/mol.